The van der Waals surface area contributed by atoms with Crippen molar-refractivity contribution in [3.63, 3.8) is 0 Å². The van der Waals surface area contributed by atoms with Gasteiger partial charge in [-0.2, -0.15) is 0 Å². The number of carbonyl (C=O) groups excluding carboxylic acids is 2. The molecule has 7 heteroatoms. The molecule has 0 fully saturated rings. The van der Waals surface area contributed by atoms with E-state index in [1.165, 1.54) is 212 Å². The Morgan fingerprint density at radius 3 is 1.00 bits per heavy atom. The number of hydrogen-bond acceptors (Lipinski definition) is 5. The lowest BCUT2D eigenvalue weighted by Crippen LogP contribution is -2.43. The zero-order valence-corrected chi connectivity index (χ0v) is 39.1. The first kappa shape index (κ1) is 55.8. The van der Waals surface area contributed by atoms with Crippen molar-refractivity contribution in [2.75, 3.05) is 58.9 Å². The van der Waals surface area contributed by atoms with Gasteiger partial charge >= 0.3 is 0 Å². The van der Waals surface area contributed by atoms with E-state index in [4.69, 9.17) is 0 Å². The molecule has 0 saturated heterocycles. The number of nitrogens with one attached hydrogen (secondary N) is 4. The maximum Gasteiger partial charge on any atom is 0.241 e. The van der Waals surface area contributed by atoms with E-state index in [1.807, 2.05) is 4.90 Å². The Labute approximate surface area is 357 Å². The summed E-state index contributed by atoms with van der Waals surface area (Å²) in [7, 11) is 0. The molecule has 0 radical (unpaired) electrons. The molecule has 57 heavy (non-hydrogen) atoms. The molecule has 0 aliphatic heterocycles. The highest BCUT2D eigenvalue weighted by Crippen LogP contribution is 2.16. The summed E-state index contributed by atoms with van der Waals surface area (Å²) in [5.41, 5.74) is 0. The van der Waals surface area contributed by atoms with Crippen LogP contribution in [0.2, 0.25) is 0 Å². The van der Waals surface area contributed by atoms with Crippen molar-refractivity contribution in [1.82, 2.24) is 26.2 Å². The number of nitrogens with zero attached hydrogens (tertiary/aromatic N) is 1. The summed E-state index contributed by atoms with van der Waals surface area (Å²) in [6.07, 6.45) is 48.0. The quantitative estimate of drug-likeness (QED) is 0.0460. The minimum absolute atomic E-state index is 0.0827. The summed E-state index contributed by atoms with van der Waals surface area (Å²) in [5, 5.41) is 13.1. The van der Waals surface area contributed by atoms with Crippen molar-refractivity contribution in [3.05, 3.63) is 0 Å². The summed E-state index contributed by atoms with van der Waals surface area (Å²) < 4.78 is 0. The lowest BCUT2D eigenvalue weighted by Gasteiger charge is -2.23. The molecule has 0 aromatic heterocycles. The van der Waals surface area contributed by atoms with Crippen molar-refractivity contribution < 1.29 is 9.59 Å². The van der Waals surface area contributed by atoms with E-state index in [-0.39, 0.29) is 24.9 Å². The predicted octanol–water partition coefficient (Wildman–Crippen LogP) is 12.8. The van der Waals surface area contributed by atoms with Crippen LogP contribution in [0.3, 0.4) is 0 Å². The van der Waals surface area contributed by atoms with Crippen LogP contribution >= 0.6 is 0 Å². The second-order valence-electron chi connectivity index (χ2n) is 17.5. The number of carbonyl (C=O) groups is 2. The molecule has 0 atom stereocenters. The zero-order valence-electron chi connectivity index (χ0n) is 39.1. The molecule has 7 nitrogen and oxygen atoms in total. The van der Waals surface area contributed by atoms with E-state index in [9.17, 15) is 9.59 Å². The van der Waals surface area contributed by atoms with E-state index in [2.05, 4.69) is 42.0 Å². The molecular formula is C50H103N5O2. The van der Waals surface area contributed by atoms with E-state index in [1.54, 1.807) is 0 Å². The standard InChI is InChI=1S/C50H103N5O2/c1-4-7-9-11-13-15-17-19-21-23-25-27-29-31-33-37-45-55(46-38-34-32-30-28-26-24-22-20-18-16-14-12-10-8-5-2)50(57)48-54-49(56)47-53-44-39-43-52-42-36-35-41-51-40-6-3/h51-53H,4-48H2,1-3H3,(H,54,56). The lowest BCUT2D eigenvalue weighted by molar-refractivity contribution is -0.132. The fourth-order valence-electron chi connectivity index (χ4n) is 7.88. The zero-order chi connectivity index (χ0) is 41.4. The van der Waals surface area contributed by atoms with Gasteiger partial charge in [-0.05, 0) is 71.2 Å². The summed E-state index contributed by atoms with van der Waals surface area (Å²) >= 11 is 0. The van der Waals surface area contributed by atoms with Crippen molar-refractivity contribution in [2.24, 2.45) is 0 Å². The first-order valence-corrected chi connectivity index (χ1v) is 25.8. The third-order valence-electron chi connectivity index (χ3n) is 11.7. The third kappa shape index (κ3) is 45.7. The Bertz CT molecular complexity index is 761. The molecule has 0 aromatic rings. The molecule has 0 saturated carbocycles. The van der Waals surface area contributed by atoms with Gasteiger partial charge < -0.3 is 26.2 Å². The first-order chi connectivity index (χ1) is 28.2. The van der Waals surface area contributed by atoms with Crippen molar-refractivity contribution in [2.45, 2.75) is 252 Å². The normalized spacial score (nSPS) is 11.4. The van der Waals surface area contributed by atoms with Gasteiger partial charge in [-0.15, -0.1) is 0 Å². The van der Waals surface area contributed by atoms with E-state index >= 15 is 0 Å². The fraction of sp³-hybridized carbons (Fsp3) is 0.960. The summed E-state index contributed by atoms with van der Waals surface area (Å²) in [6.45, 7) is 13.9. The Hall–Kier alpha value is -1.18. The third-order valence-corrected chi connectivity index (χ3v) is 11.7. The predicted molar refractivity (Wildman–Crippen MR) is 251 cm³/mol. The maximum atomic E-state index is 13.3. The Morgan fingerprint density at radius 1 is 0.316 bits per heavy atom. The minimum atomic E-state index is -0.0827. The van der Waals surface area contributed by atoms with E-state index in [0.29, 0.717) is 0 Å². The van der Waals surface area contributed by atoms with Gasteiger partial charge in [0, 0.05) is 13.1 Å². The topological polar surface area (TPSA) is 85.5 Å². The molecule has 0 rings (SSSR count). The van der Waals surface area contributed by atoms with Crippen LogP contribution in [0.4, 0.5) is 0 Å². The summed E-state index contributed by atoms with van der Waals surface area (Å²) in [4.78, 5) is 27.9. The van der Waals surface area contributed by atoms with Crippen LogP contribution in [-0.2, 0) is 9.59 Å². The monoisotopic (exact) mass is 806 g/mol. The largest absolute Gasteiger partial charge is 0.346 e. The van der Waals surface area contributed by atoms with Gasteiger partial charge in [-0.25, -0.2) is 0 Å². The number of unbranched alkanes of at least 4 members (excludes halogenated alkanes) is 31. The molecule has 0 aliphatic carbocycles. The molecule has 0 spiro atoms. The van der Waals surface area contributed by atoms with Crippen LogP contribution < -0.4 is 21.3 Å². The second kappa shape index (κ2) is 49.2. The van der Waals surface area contributed by atoms with Crippen molar-refractivity contribution in [3.8, 4) is 0 Å². The Morgan fingerprint density at radius 2 is 0.632 bits per heavy atom. The average molecular weight is 806 g/mol. The molecule has 0 bridgehead atoms. The molecule has 0 unspecified atom stereocenters. The van der Waals surface area contributed by atoms with Crippen LogP contribution in [0.15, 0.2) is 0 Å². The maximum absolute atomic E-state index is 13.3. The SMILES string of the molecule is CCCCCCCCCCCCCCCCCCN(CCCCCCCCCCCCCCCCCC)C(=O)CNC(=O)CNCCCNCCCCNCCC. The van der Waals surface area contributed by atoms with E-state index in [0.717, 1.165) is 65.1 Å². The highest BCUT2D eigenvalue weighted by molar-refractivity contribution is 5.85. The van der Waals surface area contributed by atoms with Gasteiger partial charge in [0.25, 0.3) is 0 Å². The van der Waals surface area contributed by atoms with Gasteiger partial charge in [0.05, 0.1) is 13.1 Å². The molecule has 4 N–H and O–H groups in total. The minimum Gasteiger partial charge on any atom is -0.346 e. The number of rotatable bonds is 49. The Balaban J connectivity index is 4.19. The van der Waals surface area contributed by atoms with Gasteiger partial charge in [0.1, 0.15) is 0 Å². The smallest absolute Gasteiger partial charge is 0.241 e. The molecule has 0 heterocycles. The van der Waals surface area contributed by atoms with E-state index < -0.39 is 0 Å². The highest BCUT2D eigenvalue weighted by Gasteiger charge is 2.14. The Kier molecular flexibility index (Phi) is 48.2. The van der Waals surface area contributed by atoms with Crippen LogP contribution in [0.1, 0.15) is 252 Å². The molecule has 340 valence electrons. The van der Waals surface area contributed by atoms with Crippen LogP contribution in [-0.4, -0.2) is 75.6 Å². The second-order valence-corrected chi connectivity index (χ2v) is 17.5. The van der Waals surface area contributed by atoms with Crippen molar-refractivity contribution >= 4 is 11.8 Å². The number of amides is 2. The van der Waals surface area contributed by atoms with Gasteiger partial charge in [-0.1, -0.05) is 213 Å². The van der Waals surface area contributed by atoms with Crippen LogP contribution in [0.5, 0.6) is 0 Å². The fourth-order valence-corrected chi connectivity index (χ4v) is 7.88. The summed E-state index contributed by atoms with van der Waals surface area (Å²) in [5.74, 6) is 0.0000177. The van der Waals surface area contributed by atoms with Gasteiger partial charge in [-0.3, -0.25) is 9.59 Å². The van der Waals surface area contributed by atoms with Gasteiger partial charge in [0.2, 0.25) is 11.8 Å². The summed E-state index contributed by atoms with van der Waals surface area (Å²) in [6, 6.07) is 0. The first-order valence-electron chi connectivity index (χ1n) is 25.8. The molecule has 0 aromatic carbocycles. The number of hydrogen-bond donors (Lipinski definition) is 4. The van der Waals surface area contributed by atoms with Crippen molar-refractivity contribution in [1.29, 1.82) is 0 Å². The van der Waals surface area contributed by atoms with Crippen LogP contribution in [0.25, 0.3) is 0 Å². The molecule has 2 amide bonds. The molecular weight excluding hydrogens is 703 g/mol. The average Bonchev–Trinajstić information content (AvgIpc) is 3.22. The van der Waals surface area contributed by atoms with Crippen LogP contribution in [0, 0.1) is 0 Å². The molecule has 0 aliphatic rings. The highest BCUT2D eigenvalue weighted by atomic mass is 16.2. The van der Waals surface area contributed by atoms with Gasteiger partial charge in [0.15, 0.2) is 0 Å². The lowest BCUT2D eigenvalue weighted by atomic mass is 10.0.